The Hall–Kier alpha value is -2.33. The minimum Gasteiger partial charge on any atom is -0.491 e. The van der Waals surface area contributed by atoms with Crippen LogP contribution in [0.15, 0.2) is 48.5 Å². The Bertz CT molecular complexity index is 620. The Labute approximate surface area is 137 Å². The highest BCUT2D eigenvalue weighted by molar-refractivity contribution is 5.66. The van der Waals surface area contributed by atoms with E-state index < -0.39 is 5.97 Å². The summed E-state index contributed by atoms with van der Waals surface area (Å²) >= 11 is 0. The maximum Gasteiger partial charge on any atom is 0.304 e. The van der Waals surface area contributed by atoms with E-state index in [0.717, 1.165) is 22.4 Å². The Kier molecular flexibility index (Phi) is 6.18. The van der Waals surface area contributed by atoms with Gasteiger partial charge in [0.05, 0.1) is 12.5 Å². The van der Waals surface area contributed by atoms with Crippen LogP contribution in [0.1, 0.15) is 29.2 Å². The normalized spacial score (nSPS) is 11.9. The molecule has 2 aromatic rings. The fourth-order valence-electron chi connectivity index (χ4n) is 2.51. The van der Waals surface area contributed by atoms with E-state index in [0.29, 0.717) is 13.2 Å². The summed E-state index contributed by atoms with van der Waals surface area (Å²) in [6.07, 6.45) is 0.0900. The van der Waals surface area contributed by atoms with Crippen molar-refractivity contribution in [2.45, 2.75) is 26.3 Å². The summed E-state index contributed by atoms with van der Waals surface area (Å²) in [5, 5.41) is 12.1. The predicted molar refractivity (Wildman–Crippen MR) is 90.8 cm³/mol. The maximum atomic E-state index is 10.7. The first-order chi connectivity index (χ1) is 11.1. The molecule has 2 N–H and O–H groups in total. The van der Waals surface area contributed by atoms with E-state index in [2.05, 4.69) is 5.32 Å². The summed E-state index contributed by atoms with van der Waals surface area (Å²) in [5.74, 6) is 0.0912. The van der Waals surface area contributed by atoms with Crippen molar-refractivity contribution in [2.24, 2.45) is 0 Å². The third-order valence-electron chi connectivity index (χ3n) is 3.73. The highest BCUT2D eigenvalue weighted by Crippen LogP contribution is 2.24. The molecule has 1 unspecified atom stereocenters. The van der Waals surface area contributed by atoms with Gasteiger partial charge in [-0.2, -0.15) is 0 Å². The molecular weight excluding hydrogens is 290 g/mol. The van der Waals surface area contributed by atoms with Crippen LogP contribution in [0.5, 0.6) is 5.75 Å². The first-order valence-corrected chi connectivity index (χ1v) is 7.77. The molecule has 0 aliphatic rings. The predicted octanol–water partition coefficient (Wildman–Crippen LogP) is 3.49. The molecular formula is C19H23NO3. The van der Waals surface area contributed by atoms with Crippen LogP contribution >= 0.6 is 0 Å². The van der Waals surface area contributed by atoms with Crippen molar-refractivity contribution in [1.82, 2.24) is 5.32 Å². The number of aryl methyl sites for hydroxylation is 2. The molecule has 0 heterocycles. The molecule has 0 aromatic heterocycles. The molecule has 0 bridgehead atoms. The van der Waals surface area contributed by atoms with Crippen LogP contribution in [-0.4, -0.2) is 24.2 Å². The summed E-state index contributed by atoms with van der Waals surface area (Å²) in [5.41, 5.74) is 3.29. The van der Waals surface area contributed by atoms with E-state index in [9.17, 15) is 4.79 Å². The molecule has 2 aromatic carbocycles. The summed E-state index contributed by atoms with van der Waals surface area (Å²) < 4.78 is 6.03. The SMILES string of the molecule is Cc1cccc(C)c1OCC(NCCC(=O)O)c1ccccc1. The quantitative estimate of drug-likeness (QED) is 0.783. The highest BCUT2D eigenvalue weighted by atomic mass is 16.5. The molecule has 2 rings (SSSR count). The monoisotopic (exact) mass is 313 g/mol. The molecule has 0 saturated heterocycles. The van der Waals surface area contributed by atoms with Crippen LogP contribution < -0.4 is 10.1 Å². The number of carbonyl (C=O) groups is 1. The molecule has 4 heteroatoms. The number of ether oxygens (including phenoxy) is 1. The van der Waals surface area contributed by atoms with E-state index >= 15 is 0 Å². The van der Waals surface area contributed by atoms with Gasteiger partial charge in [0.2, 0.25) is 0 Å². The van der Waals surface area contributed by atoms with Crippen molar-refractivity contribution in [1.29, 1.82) is 0 Å². The van der Waals surface area contributed by atoms with Crippen molar-refractivity contribution >= 4 is 5.97 Å². The first kappa shape index (κ1) is 17.0. The molecule has 0 aliphatic heterocycles. The number of hydrogen-bond acceptors (Lipinski definition) is 3. The lowest BCUT2D eigenvalue weighted by atomic mass is 10.1. The third kappa shape index (κ3) is 5.11. The van der Waals surface area contributed by atoms with Gasteiger partial charge >= 0.3 is 5.97 Å². The number of hydrogen-bond donors (Lipinski definition) is 2. The molecule has 4 nitrogen and oxygen atoms in total. The molecule has 0 radical (unpaired) electrons. The number of aliphatic carboxylic acids is 1. The third-order valence-corrected chi connectivity index (χ3v) is 3.73. The van der Waals surface area contributed by atoms with E-state index in [1.54, 1.807) is 0 Å². The van der Waals surface area contributed by atoms with Crippen molar-refractivity contribution in [3.63, 3.8) is 0 Å². The topological polar surface area (TPSA) is 58.6 Å². The zero-order valence-corrected chi connectivity index (χ0v) is 13.6. The van der Waals surface area contributed by atoms with Gasteiger partial charge in [-0.1, -0.05) is 48.5 Å². The fourth-order valence-corrected chi connectivity index (χ4v) is 2.51. The van der Waals surface area contributed by atoms with E-state index in [-0.39, 0.29) is 12.5 Å². The minimum absolute atomic E-state index is 0.0467. The number of rotatable bonds is 8. The van der Waals surface area contributed by atoms with Gasteiger partial charge < -0.3 is 15.2 Å². The molecule has 0 saturated carbocycles. The van der Waals surface area contributed by atoms with Gasteiger partial charge in [0.15, 0.2) is 0 Å². The summed E-state index contributed by atoms with van der Waals surface area (Å²) in [7, 11) is 0. The van der Waals surface area contributed by atoms with E-state index in [4.69, 9.17) is 9.84 Å². The second kappa shape index (κ2) is 8.34. The zero-order valence-electron chi connectivity index (χ0n) is 13.6. The number of nitrogens with one attached hydrogen (secondary N) is 1. The van der Waals surface area contributed by atoms with Gasteiger partial charge in [-0.3, -0.25) is 4.79 Å². The standard InChI is InChI=1S/C19H23NO3/c1-14-7-6-8-15(2)19(14)23-13-17(20-12-11-18(21)22)16-9-4-3-5-10-16/h3-10,17,20H,11-13H2,1-2H3,(H,21,22). The van der Waals surface area contributed by atoms with Crippen molar-refractivity contribution in [3.05, 3.63) is 65.2 Å². The maximum absolute atomic E-state index is 10.7. The van der Waals surface area contributed by atoms with Crippen LogP contribution in [0, 0.1) is 13.8 Å². The molecule has 0 amide bonds. The zero-order chi connectivity index (χ0) is 16.7. The van der Waals surface area contributed by atoms with Crippen molar-refractivity contribution < 1.29 is 14.6 Å². The average Bonchev–Trinajstić information content (AvgIpc) is 2.53. The Morgan fingerprint density at radius 2 is 1.74 bits per heavy atom. The number of carboxylic acids is 1. The second-order valence-electron chi connectivity index (χ2n) is 5.59. The van der Waals surface area contributed by atoms with Gasteiger partial charge in [-0.25, -0.2) is 0 Å². The second-order valence-corrected chi connectivity index (χ2v) is 5.59. The Morgan fingerprint density at radius 1 is 1.09 bits per heavy atom. The molecule has 0 aliphatic carbocycles. The number of carboxylic acid groups (broad SMARTS) is 1. The number of benzene rings is 2. The van der Waals surface area contributed by atoms with Crippen LogP contribution in [-0.2, 0) is 4.79 Å². The Balaban J connectivity index is 2.06. The smallest absolute Gasteiger partial charge is 0.304 e. The van der Waals surface area contributed by atoms with Crippen LogP contribution in [0.25, 0.3) is 0 Å². The van der Waals surface area contributed by atoms with E-state index in [1.807, 2.05) is 62.4 Å². The lowest BCUT2D eigenvalue weighted by Gasteiger charge is -2.21. The highest BCUT2D eigenvalue weighted by Gasteiger charge is 2.13. The van der Waals surface area contributed by atoms with Gasteiger partial charge in [-0.15, -0.1) is 0 Å². The van der Waals surface area contributed by atoms with Gasteiger partial charge in [0.25, 0.3) is 0 Å². The first-order valence-electron chi connectivity index (χ1n) is 7.77. The van der Waals surface area contributed by atoms with Crippen LogP contribution in [0.4, 0.5) is 0 Å². The largest absolute Gasteiger partial charge is 0.491 e. The van der Waals surface area contributed by atoms with Gasteiger partial charge in [-0.05, 0) is 30.5 Å². The number of para-hydroxylation sites is 1. The molecule has 1 atom stereocenters. The lowest BCUT2D eigenvalue weighted by molar-refractivity contribution is -0.136. The Morgan fingerprint density at radius 3 is 2.35 bits per heavy atom. The van der Waals surface area contributed by atoms with Crippen molar-refractivity contribution in [3.8, 4) is 5.75 Å². The van der Waals surface area contributed by atoms with Crippen LogP contribution in [0.2, 0.25) is 0 Å². The van der Waals surface area contributed by atoms with E-state index in [1.165, 1.54) is 0 Å². The van der Waals surface area contributed by atoms with Gasteiger partial charge in [0, 0.05) is 6.54 Å². The summed E-state index contributed by atoms with van der Waals surface area (Å²) in [6.45, 7) is 4.91. The minimum atomic E-state index is -0.806. The van der Waals surface area contributed by atoms with Crippen molar-refractivity contribution in [2.75, 3.05) is 13.2 Å². The molecule has 0 fully saturated rings. The molecule has 122 valence electrons. The molecule has 23 heavy (non-hydrogen) atoms. The van der Waals surface area contributed by atoms with Gasteiger partial charge in [0.1, 0.15) is 12.4 Å². The summed E-state index contributed by atoms with van der Waals surface area (Å²) in [4.78, 5) is 10.7. The molecule has 0 spiro atoms. The fraction of sp³-hybridized carbons (Fsp3) is 0.316. The van der Waals surface area contributed by atoms with Crippen LogP contribution in [0.3, 0.4) is 0 Å². The average molecular weight is 313 g/mol. The lowest BCUT2D eigenvalue weighted by Crippen LogP contribution is -2.29. The summed E-state index contributed by atoms with van der Waals surface area (Å²) in [6, 6.07) is 16.0.